The van der Waals surface area contributed by atoms with E-state index in [1.807, 2.05) is 0 Å². The highest BCUT2D eigenvalue weighted by atomic mass is 32.2. The molecule has 148 valence electrons. The minimum Gasteiger partial charge on any atom is -0.490 e. The van der Waals surface area contributed by atoms with E-state index in [1.54, 1.807) is 36.4 Å². The standard InChI is InChI=1S/C20H22N2O5S/c1-28(24,25)22-9-2-4-14-12-15(5-7-17(14)22)20(23)21-16-6-8-18-19(13-16)27-11-3-10-26-18/h5-8,12-13H,2-4,9-11H2,1H3,(H,21,23). The van der Waals surface area contributed by atoms with Crippen LogP contribution in [0.1, 0.15) is 28.8 Å². The third-order valence-electron chi connectivity index (χ3n) is 4.82. The van der Waals surface area contributed by atoms with Gasteiger partial charge in [0.05, 0.1) is 25.2 Å². The normalized spacial score (nSPS) is 16.1. The second-order valence-corrected chi connectivity index (χ2v) is 8.86. The first-order valence-electron chi connectivity index (χ1n) is 9.23. The summed E-state index contributed by atoms with van der Waals surface area (Å²) in [5.74, 6) is 1.03. The van der Waals surface area contributed by atoms with Gasteiger partial charge in [-0.3, -0.25) is 9.10 Å². The average Bonchev–Trinajstić information content (AvgIpc) is 2.91. The van der Waals surface area contributed by atoms with Crippen molar-refractivity contribution in [1.29, 1.82) is 0 Å². The maximum Gasteiger partial charge on any atom is 0.255 e. The molecule has 0 spiro atoms. The van der Waals surface area contributed by atoms with Gasteiger partial charge in [0.25, 0.3) is 5.91 Å². The molecule has 1 N–H and O–H groups in total. The van der Waals surface area contributed by atoms with Crippen molar-refractivity contribution in [1.82, 2.24) is 0 Å². The van der Waals surface area contributed by atoms with Crippen LogP contribution in [0.5, 0.6) is 11.5 Å². The summed E-state index contributed by atoms with van der Waals surface area (Å²) in [6.07, 6.45) is 3.49. The zero-order valence-electron chi connectivity index (χ0n) is 15.6. The SMILES string of the molecule is CS(=O)(=O)N1CCCc2cc(C(=O)Nc3ccc4c(c3)OCCCO4)ccc21. The Balaban J connectivity index is 1.55. The van der Waals surface area contributed by atoms with Crippen molar-refractivity contribution < 1.29 is 22.7 Å². The molecule has 0 aromatic heterocycles. The van der Waals surface area contributed by atoms with Crippen LogP contribution < -0.4 is 19.1 Å². The first-order chi connectivity index (χ1) is 13.4. The number of carbonyl (C=O) groups is 1. The highest BCUT2D eigenvalue weighted by Crippen LogP contribution is 2.33. The first kappa shape index (κ1) is 18.6. The van der Waals surface area contributed by atoms with Crippen LogP contribution in [0.15, 0.2) is 36.4 Å². The van der Waals surface area contributed by atoms with Crippen molar-refractivity contribution in [2.75, 3.05) is 35.6 Å². The highest BCUT2D eigenvalue weighted by molar-refractivity contribution is 7.92. The third-order valence-corrected chi connectivity index (χ3v) is 6.00. The van der Waals surface area contributed by atoms with Crippen molar-refractivity contribution in [2.45, 2.75) is 19.3 Å². The molecule has 0 radical (unpaired) electrons. The van der Waals surface area contributed by atoms with Crippen LogP contribution >= 0.6 is 0 Å². The largest absolute Gasteiger partial charge is 0.490 e. The van der Waals surface area contributed by atoms with Crippen LogP contribution in [0.2, 0.25) is 0 Å². The summed E-state index contributed by atoms with van der Waals surface area (Å²) >= 11 is 0. The Hall–Kier alpha value is -2.74. The van der Waals surface area contributed by atoms with E-state index in [0.717, 1.165) is 24.8 Å². The molecule has 2 aliphatic rings. The molecule has 2 aromatic carbocycles. The molecule has 0 unspecified atom stereocenters. The smallest absolute Gasteiger partial charge is 0.255 e. The van der Waals surface area contributed by atoms with Gasteiger partial charge >= 0.3 is 0 Å². The Labute approximate surface area is 164 Å². The molecule has 0 saturated heterocycles. The molecule has 4 rings (SSSR count). The number of sulfonamides is 1. The maximum absolute atomic E-state index is 12.7. The van der Waals surface area contributed by atoms with Gasteiger partial charge in [-0.2, -0.15) is 0 Å². The fourth-order valence-corrected chi connectivity index (χ4v) is 4.49. The summed E-state index contributed by atoms with van der Waals surface area (Å²) in [5.41, 5.74) is 2.62. The van der Waals surface area contributed by atoms with Gasteiger partial charge in [-0.1, -0.05) is 0 Å². The lowest BCUT2D eigenvalue weighted by Gasteiger charge is -2.29. The second-order valence-electron chi connectivity index (χ2n) is 6.95. The van der Waals surface area contributed by atoms with E-state index in [0.29, 0.717) is 48.2 Å². The lowest BCUT2D eigenvalue weighted by Crippen LogP contribution is -2.34. The zero-order chi connectivity index (χ0) is 19.7. The molecule has 0 saturated carbocycles. The molecule has 2 aromatic rings. The van der Waals surface area contributed by atoms with Crippen LogP contribution in [0, 0.1) is 0 Å². The molecule has 1 amide bonds. The molecule has 8 heteroatoms. The number of aryl methyl sites for hydroxylation is 1. The van der Waals surface area contributed by atoms with Gasteiger partial charge in [0.2, 0.25) is 10.0 Å². The quantitative estimate of drug-likeness (QED) is 0.853. The summed E-state index contributed by atoms with van der Waals surface area (Å²) in [5, 5.41) is 2.87. The van der Waals surface area contributed by atoms with Gasteiger partial charge in [-0.15, -0.1) is 0 Å². The van der Waals surface area contributed by atoms with Crippen LogP contribution in [-0.2, 0) is 16.4 Å². The lowest BCUT2D eigenvalue weighted by atomic mass is 10.0. The number of ether oxygens (including phenoxy) is 2. The van der Waals surface area contributed by atoms with E-state index in [9.17, 15) is 13.2 Å². The summed E-state index contributed by atoms with van der Waals surface area (Å²) < 4.78 is 36.6. The van der Waals surface area contributed by atoms with Crippen LogP contribution in [0.3, 0.4) is 0 Å². The van der Waals surface area contributed by atoms with E-state index in [-0.39, 0.29) is 5.91 Å². The second kappa shape index (κ2) is 7.35. The summed E-state index contributed by atoms with van der Waals surface area (Å²) in [7, 11) is -3.33. The number of hydrogen-bond acceptors (Lipinski definition) is 5. The minimum atomic E-state index is -3.33. The Bertz CT molecular complexity index is 1020. The van der Waals surface area contributed by atoms with E-state index < -0.39 is 10.0 Å². The number of nitrogens with one attached hydrogen (secondary N) is 1. The Morgan fingerprint density at radius 2 is 1.82 bits per heavy atom. The number of rotatable bonds is 3. The molecular formula is C20H22N2O5S. The van der Waals surface area contributed by atoms with Gasteiger partial charge in [-0.25, -0.2) is 8.42 Å². The molecule has 0 fully saturated rings. The van der Waals surface area contributed by atoms with Gasteiger partial charge in [-0.05, 0) is 48.7 Å². The molecule has 0 aliphatic carbocycles. The Morgan fingerprint density at radius 3 is 2.61 bits per heavy atom. The van der Waals surface area contributed by atoms with Crippen molar-refractivity contribution >= 4 is 27.3 Å². The van der Waals surface area contributed by atoms with Crippen LogP contribution in [0.25, 0.3) is 0 Å². The van der Waals surface area contributed by atoms with Crippen molar-refractivity contribution in [3.8, 4) is 11.5 Å². The zero-order valence-corrected chi connectivity index (χ0v) is 16.4. The number of fused-ring (bicyclic) bond motifs is 2. The van der Waals surface area contributed by atoms with Crippen LogP contribution in [-0.4, -0.2) is 40.3 Å². The van der Waals surface area contributed by atoms with Crippen LogP contribution in [0.4, 0.5) is 11.4 Å². The summed E-state index contributed by atoms with van der Waals surface area (Å²) in [4.78, 5) is 12.7. The molecule has 2 heterocycles. The fraction of sp³-hybridized carbons (Fsp3) is 0.350. The third kappa shape index (κ3) is 3.77. The molecule has 2 aliphatic heterocycles. The molecule has 28 heavy (non-hydrogen) atoms. The highest BCUT2D eigenvalue weighted by Gasteiger charge is 2.24. The topological polar surface area (TPSA) is 84.9 Å². The van der Waals surface area contributed by atoms with E-state index in [2.05, 4.69) is 5.32 Å². The van der Waals surface area contributed by atoms with E-state index in [1.165, 1.54) is 10.6 Å². The monoisotopic (exact) mass is 402 g/mol. The predicted molar refractivity (Wildman–Crippen MR) is 107 cm³/mol. The van der Waals surface area contributed by atoms with Gasteiger partial charge in [0, 0.05) is 30.3 Å². The number of amides is 1. The van der Waals surface area contributed by atoms with E-state index >= 15 is 0 Å². The minimum absolute atomic E-state index is 0.256. The lowest BCUT2D eigenvalue weighted by molar-refractivity contribution is 0.102. The maximum atomic E-state index is 12.7. The van der Waals surface area contributed by atoms with Crippen molar-refractivity contribution in [2.24, 2.45) is 0 Å². The average molecular weight is 402 g/mol. The fourth-order valence-electron chi connectivity index (χ4n) is 3.49. The Morgan fingerprint density at radius 1 is 1.04 bits per heavy atom. The van der Waals surface area contributed by atoms with Gasteiger partial charge in [0.1, 0.15) is 0 Å². The predicted octanol–water partition coefficient (Wildman–Crippen LogP) is 2.81. The number of benzene rings is 2. The molecule has 7 nitrogen and oxygen atoms in total. The number of anilines is 2. The summed E-state index contributed by atoms with van der Waals surface area (Å²) in [6, 6.07) is 10.4. The van der Waals surface area contributed by atoms with Gasteiger partial charge in [0.15, 0.2) is 11.5 Å². The molecular weight excluding hydrogens is 380 g/mol. The molecule has 0 atom stereocenters. The van der Waals surface area contributed by atoms with Crippen molar-refractivity contribution in [3.05, 3.63) is 47.5 Å². The van der Waals surface area contributed by atoms with Crippen molar-refractivity contribution in [3.63, 3.8) is 0 Å². The number of nitrogens with zero attached hydrogens (tertiary/aromatic N) is 1. The number of carbonyl (C=O) groups excluding carboxylic acids is 1. The van der Waals surface area contributed by atoms with Gasteiger partial charge < -0.3 is 14.8 Å². The number of hydrogen-bond donors (Lipinski definition) is 1. The molecule has 0 bridgehead atoms. The Kier molecular flexibility index (Phi) is 4.89. The summed E-state index contributed by atoms with van der Waals surface area (Å²) in [6.45, 7) is 1.65. The van der Waals surface area contributed by atoms with E-state index in [4.69, 9.17) is 9.47 Å². The first-order valence-corrected chi connectivity index (χ1v) is 11.1.